The molecule has 5 N–H and O–H groups in total. The quantitative estimate of drug-likeness (QED) is 0.194. The van der Waals surface area contributed by atoms with Gasteiger partial charge < -0.3 is 35.6 Å². The second-order valence-electron chi connectivity index (χ2n) is 10.5. The molecule has 1 saturated heterocycles. The number of carbonyl (C=O) groups is 1. The zero-order valence-electron chi connectivity index (χ0n) is 23.3. The van der Waals surface area contributed by atoms with E-state index in [2.05, 4.69) is 62.5 Å². The van der Waals surface area contributed by atoms with E-state index < -0.39 is 0 Å². The topological polar surface area (TPSA) is 128 Å². The summed E-state index contributed by atoms with van der Waals surface area (Å²) in [6.07, 6.45) is 1.04. The van der Waals surface area contributed by atoms with Gasteiger partial charge in [0.25, 0.3) is 0 Å². The molecule has 5 aromatic rings. The highest BCUT2D eigenvalue weighted by molar-refractivity contribution is 5.87. The van der Waals surface area contributed by atoms with Gasteiger partial charge in [-0.15, -0.1) is 0 Å². The molecular formula is C31H36N8O2. The molecule has 3 aromatic carbocycles. The minimum Gasteiger partial charge on any atom is -0.494 e. The van der Waals surface area contributed by atoms with Crippen LogP contribution in [0.2, 0.25) is 0 Å². The Morgan fingerprint density at radius 3 is 2.54 bits per heavy atom. The summed E-state index contributed by atoms with van der Waals surface area (Å²) >= 11 is 0. The van der Waals surface area contributed by atoms with Gasteiger partial charge in [-0.3, -0.25) is 4.79 Å². The summed E-state index contributed by atoms with van der Waals surface area (Å²) in [5.41, 5.74) is 12.4. The summed E-state index contributed by atoms with van der Waals surface area (Å²) < 4.78 is 5.89. The van der Waals surface area contributed by atoms with Crippen molar-refractivity contribution in [2.24, 2.45) is 5.73 Å². The van der Waals surface area contributed by atoms with Crippen molar-refractivity contribution in [3.05, 3.63) is 60.7 Å². The molecule has 2 aromatic heterocycles. The summed E-state index contributed by atoms with van der Waals surface area (Å²) in [6.45, 7) is 5.60. The van der Waals surface area contributed by atoms with Crippen molar-refractivity contribution >= 4 is 33.7 Å². The van der Waals surface area contributed by atoms with Gasteiger partial charge >= 0.3 is 0 Å². The van der Waals surface area contributed by atoms with E-state index in [0.29, 0.717) is 32.5 Å². The van der Waals surface area contributed by atoms with E-state index in [-0.39, 0.29) is 5.91 Å². The second-order valence-corrected chi connectivity index (χ2v) is 10.5. The average molecular weight is 553 g/mol. The molecule has 3 heterocycles. The number of nitrogens with two attached hydrogens (primary N) is 1. The lowest BCUT2D eigenvalue weighted by molar-refractivity contribution is -0.121. The fourth-order valence-corrected chi connectivity index (χ4v) is 5.14. The molecule has 1 aliphatic rings. The summed E-state index contributed by atoms with van der Waals surface area (Å²) in [4.78, 5) is 33.2. The minimum atomic E-state index is -0.00695. The lowest BCUT2D eigenvalue weighted by Gasteiger charge is -2.34. The van der Waals surface area contributed by atoms with Gasteiger partial charge in [0.15, 0.2) is 0 Å². The lowest BCUT2D eigenvalue weighted by Crippen LogP contribution is -2.44. The predicted molar refractivity (Wildman–Crippen MR) is 163 cm³/mol. The number of amides is 1. The van der Waals surface area contributed by atoms with Gasteiger partial charge in [0.05, 0.1) is 28.7 Å². The first-order chi connectivity index (χ1) is 20.1. The smallest absolute Gasteiger partial charge is 0.220 e. The van der Waals surface area contributed by atoms with Gasteiger partial charge in [0.2, 0.25) is 5.91 Å². The Bertz CT molecular complexity index is 1650. The molecule has 212 valence electrons. The molecule has 1 aliphatic heterocycles. The third-order valence-corrected chi connectivity index (χ3v) is 7.48. The zero-order chi connectivity index (χ0) is 28.2. The molecule has 0 saturated carbocycles. The van der Waals surface area contributed by atoms with Crippen LogP contribution >= 0.6 is 0 Å². The Morgan fingerprint density at radius 2 is 1.71 bits per heavy atom. The van der Waals surface area contributed by atoms with Crippen LogP contribution in [0.25, 0.3) is 44.8 Å². The van der Waals surface area contributed by atoms with Gasteiger partial charge in [-0.05, 0) is 62.0 Å². The Labute approximate surface area is 238 Å². The number of hydrogen-bond donors (Lipinski definition) is 4. The van der Waals surface area contributed by atoms with E-state index in [1.807, 2.05) is 30.3 Å². The van der Waals surface area contributed by atoms with Crippen molar-refractivity contribution in [2.75, 3.05) is 57.8 Å². The maximum absolute atomic E-state index is 11.7. The van der Waals surface area contributed by atoms with Crippen molar-refractivity contribution in [3.8, 4) is 28.5 Å². The van der Waals surface area contributed by atoms with Crippen LogP contribution in [-0.4, -0.2) is 83.7 Å². The number of fused-ring (bicyclic) bond motifs is 2. The van der Waals surface area contributed by atoms with Crippen LogP contribution in [0.5, 0.6) is 5.75 Å². The average Bonchev–Trinajstić information content (AvgIpc) is 3.62. The van der Waals surface area contributed by atoms with E-state index in [9.17, 15) is 4.79 Å². The first kappa shape index (κ1) is 26.8. The van der Waals surface area contributed by atoms with Crippen LogP contribution in [0.3, 0.4) is 0 Å². The molecule has 0 bridgehead atoms. The number of anilines is 1. The molecule has 41 heavy (non-hydrogen) atoms. The number of hydrogen-bond acceptors (Lipinski definition) is 7. The largest absolute Gasteiger partial charge is 0.494 e. The number of H-pyrrole nitrogens is 2. The second kappa shape index (κ2) is 12.0. The Balaban J connectivity index is 1.15. The van der Waals surface area contributed by atoms with Crippen molar-refractivity contribution in [2.45, 2.75) is 12.8 Å². The van der Waals surface area contributed by atoms with Gasteiger partial charge in [0.1, 0.15) is 17.4 Å². The van der Waals surface area contributed by atoms with Gasteiger partial charge in [-0.1, -0.05) is 12.1 Å². The molecule has 10 heteroatoms. The number of likely N-dealkylation sites (N-methyl/N-ethyl adjacent to an activating group) is 1. The lowest BCUT2D eigenvalue weighted by atomic mass is 10.2. The molecule has 0 atom stereocenters. The number of nitrogens with zero attached hydrogens (tertiary/aromatic N) is 4. The van der Waals surface area contributed by atoms with Crippen molar-refractivity contribution < 1.29 is 9.53 Å². The standard InChI is InChI=1S/C31H36N8O2/c1-38-13-15-39(16-14-38)23-8-10-26-28(20-23)37-31(35-26)22-7-9-25-27(19-22)36-30(34-25)21-4-2-5-24(18-21)41-17-3-6-29(40)33-12-11-32/h2,4-5,7-10,18-20H,3,6,11-17,32H2,1H3,(H,33,40)(H,34,36)(H,35,37). The molecule has 1 fully saturated rings. The number of nitrogens with one attached hydrogen (secondary N) is 3. The number of imidazole rings is 2. The summed E-state index contributed by atoms with van der Waals surface area (Å²) in [6, 6.07) is 20.5. The van der Waals surface area contributed by atoms with Crippen LogP contribution < -0.4 is 20.7 Å². The highest BCUT2D eigenvalue weighted by atomic mass is 16.5. The highest BCUT2D eigenvalue weighted by Gasteiger charge is 2.16. The third kappa shape index (κ3) is 6.18. The summed E-state index contributed by atoms with van der Waals surface area (Å²) in [5, 5.41) is 2.77. The van der Waals surface area contributed by atoms with E-state index in [1.165, 1.54) is 5.69 Å². The van der Waals surface area contributed by atoms with Crippen LogP contribution in [-0.2, 0) is 4.79 Å². The molecule has 0 unspecified atom stereocenters. The maximum Gasteiger partial charge on any atom is 0.220 e. The Morgan fingerprint density at radius 1 is 0.927 bits per heavy atom. The number of aromatic amines is 2. The molecule has 0 aliphatic carbocycles. The van der Waals surface area contributed by atoms with Crippen LogP contribution in [0.4, 0.5) is 5.69 Å². The molecule has 10 nitrogen and oxygen atoms in total. The monoisotopic (exact) mass is 552 g/mol. The van der Waals surface area contributed by atoms with Crippen LogP contribution in [0.1, 0.15) is 12.8 Å². The number of ether oxygens (including phenoxy) is 1. The van der Waals surface area contributed by atoms with Crippen LogP contribution in [0.15, 0.2) is 60.7 Å². The number of rotatable bonds is 10. The molecule has 1 amide bonds. The normalized spacial score (nSPS) is 14.1. The van der Waals surface area contributed by atoms with E-state index in [4.69, 9.17) is 20.4 Å². The van der Waals surface area contributed by atoms with Crippen LogP contribution in [0, 0.1) is 0 Å². The zero-order valence-corrected chi connectivity index (χ0v) is 23.3. The Hall–Kier alpha value is -4.41. The number of aromatic nitrogens is 4. The summed E-state index contributed by atoms with van der Waals surface area (Å²) in [5.74, 6) is 2.34. The highest BCUT2D eigenvalue weighted by Crippen LogP contribution is 2.29. The van der Waals surface area contributed by atoms with E-state index >= 15 is 0 Å². The number of piperazine rings is 1. The number of carbonyl (C=O) groups excluding carboxylic acids is 1. The van der Waals surface area contributed by atoms with Gasteiger partial charge in [-0.2, -0.15) is 0 Å². The Kier molecular flexibility index (Phi) is 7.84. The minimum absolute atomic E-state index is 0.00695. The molecule has 0 spiro atoms. The van der Waals surface area contributed by atoms with E-state index in [1.54, 1.807) is 0 Å². The third-order valence-electron chi connectivity index (χ3n) is 7.48. The van der Waals surface area contributed by atoms with Crippen molar-refractivity contribution in [1.29, 1.82) is 0 Å². The first-order valence-electron chi connectivity index (χ1n) is 14.2. The number of benzene rings is 3. The van der Waals surface area contributed by atoms with Gasteiger partial charge in [0, 0.05) is 62.5 Å². The van der Waals surface area contributed by atoms with Crippen molar-refractivity contribution in [1.82, 2.24) is 30.2 Å². The maximum atomic E-state index is 11.7. The fourth-order valence-electron chi connectivity index (χ4n) is 5.14. The molecule has 0 radical (unpaired) electrons. The fraction of sp³-hybridized carbons (Fsp3) is 0.323. The first-order valence-corrected chi connectivity index (χ1v) is 14.2. The summed E-state index contributed by atoms with van der Waals surface area (Å²) in [7, 11) is 2.17. The van der Waals surface area contributed by atoms with Crippen molar-refractivity contribution in [3.63, 3.8) is 0 Å². The molecular weight excluding hydrogens is 516 g/mol. The van der Waals surface area contributed by atoms with Gasteiger partial charge in [-0.25, -0.2) is 9.97 Å². The van der Waals surface area contributed by atoms with E-state index in [0.717, 1.165) is 76.8 Å². The predicted octanol–water partition coefficient (Wildman–Crippen LogP) is 3.76. The molecule has 6 rings (SSSR count). The SMILES string of the molecule is CN1CCN(c2ccc3[nH]c(-c4ccc5nc(-c6cccc(OCCCC(=O)NCCN)c6)[nH]c5c4)nc3c2)CC1.